The fourth-order valence-corrected chi connectivity index (χ4v) is 2.35. The molecule has 0 aromatic heterocycles. The van der Waals surface area contributed by atoms with E-state index in [0.29, 0.717) is 32.9 Å². The number of carbonyl (C=O) groups excluding carboxylic acids is 1. The largest absolute Gasteiger partial charge is 0.491 e. The van der Waals surface area contributed by atoms with Gasteiger partial charge in [-0.05, 0) is 13.0 Å². The zero-order valence-electron chi connectivity index (χ0n) is 13.5. The van der Waals surface area contributed by atoms with Gasteiger partial charge in [-0.3, -0.25) is 4.79 Å². The summed E-state index contributed by atoms with van der Waals surface area (Å²) < 4.78 is 16.1. The highest BCUT2D eigenvalue weighted by atomic mass is 35.5. The Morgan fingerprint density at radius 1 is 1.39 bits per heavy atom. The molecule has 0 saturated carbocycles. The minimum absolute atomic E-state index is 0. The molecule has 0 unspecified atom stereocenters. The number of amides is 1. The Morgan fingerprint density at radius 3 is 2.91 bits per heavy atom. The average molecular weight is 345 g/mol. The van der Waals surface area contributed by atoms with E-state index in [2.05, 4.69) is 10.6 Å². The standard InChI is InChI=1S/C16H24N2O4.ClH/c1-12-15(17-7-8-21-12)16(19)18-11-13-5-3-4-6-14(13)22-10-9-20-2;/h3-6,12,15,17H,7-11H2,1-2H3,(H,18,19);1H/t12-,15+;/m1./s1. The lowest BCUT2D eigenvalue weighted by Crippen LogP contribution is -2.55. The van der Waals surface area contributed by atoms with E-state index in [9.17, 15) is 4.79 Å². The van der Waals surface area contributed by atoms with E-state index < -0.39 is 0 Å². The molecule has 1 saturated heterocycles. The number of para-hydroxylation sites is 1. The molecule has 2 N–H and O–H groups in total. The van der Waals surface area contributed by atoms with Gasteiger partial charge in [0, 0.05) is 25.8 Å². The summed E-state index contributed by atoms with van der Waals surface area (Å²) in [5.41, 5.74) is 0.941. The normalized spacial score (nSPS) is 20.4. The molecule has 7 heteroatoms. The molecule has 0 bridgehead atoms. The summed E-state index contributed by atoms with van der Waals surface area (Å²) in [6, 6.07) is 7.36. The molecule has 1 heterocycles. The van der Waals surface area contributed by atoms with E-state index in [-0.39, 0.29) is 30.5 Å². The summed E-state index contributed by atoms with van der Waals surface area (Å²) in [6.07, 6.45) is -0.123. The summed E-state index contributed by atoms with van der Waals surface area (Å²) in [4.78, 5) is 12.2. The SMILES string of the molecule is COCCOc1ccccc1CNC(=O)[C@H]1NCCO[C@@H]1C.Cl. The smallest absolute Gasteiger partial charge is 0.240 e. The second kappa shape index (κ2) is 10.4. The van der Waals surface area contributed by atoms with E-state index >= 15 is 0 Å². The number of methoxy groups -OCH3 is 1. The Labute approximate surface area is 143 Å². The number of hydrogen-bond acceptors (Lipinski definition) is 5. The third-order valence-corrected chi connectivity index (χ3v) is 3.57. The number of morpholine rings is 1. The Morgan fingerprint density at radius 2 is 2.17 bits per heavy atom. The van der Waals surface area contributed by atoms with Crippen LogP contribution in [0, 0.1) is 0 Å². The lowest BCUT2D eigenvalue weighted by Gasteiger charge is -2.29. The van der Waals surface area contributed by atoms with E-state index in [1.54, 1.807) is 7.11 Å². The maximum Gasteiger partial charge on any atom is 0.240 e. The molecule has 2 atom stereocenters. The van der Waals surface area contributed by atoms with Crippen LogP contribution in [-0.2, 0) is 20.8 Å². The van der Waals surface area contributed by atoms with Crippen molar-refractivity contribution in [2.24, 2.45) is 0 Å². The first-order valence-corrected chi connectivity index (χ1v) is 7.54. The summed E-state index contributed by atoms with van der Waals surface area (Å²) in [6.45, 7) is 4.67. The minimum Gasteiger partial charge on any atom is -0.491 e. The van der Waals surface area contributed by atoms with E-state index in [1.165, 1.54) is 0 Å². The molecular formula is C16H25ClN2O4. The number of rotatable bonds is 7. The first-order valence-electron chi connectivity index (χ1n) is 7.54. The first kappa shape index (κ1) is 19.7. The van der Waals surface area contributed by atoms with Gasteiger partial charge in [-0.1, -0.05) is 18.2 Å². The van der Waals surface area contributed by atoms with Gasteiger partial charge < -0.3 is 24.8 Å². The predicted octanol–water partition coefficient (Wildman–Crippen LogP) is 1.13. The fourth-order valence-electron chi connectivity index (χ4n) is 2.35. The van der Waals surface area contributed by atoms with Gasteiger partial charge in [0.15, 0.2) is 0 Å². The molecule has 2 rings (SSSR count). The summed E-state index contributed by atoms with van der Waals surface area (Å²) in [5, 5.41) is 6.11. The Bertz CT molecular complexity index is 487. The summed E-state index contributed by atoms with van der Waals surface area (Å²) in [7, 11) is 1.63. The van der Waals surface area contributed by atoms with Crippen molar-refractivity contribution in [1.82, 2.24) is 10.6 Å². The molecule has 0 radical (unpaired) electrons. The highest BCUT2D eigenvalue weighted by molar-refractivity contribution is 5.85. The maximum absolute atomic E-state index is 12.2. The number of ether oxygens (including phenoxy) is 3. The predicted molar refractivity (Wildman–Crippen MR) is 90.1 cm³/mol. The van der Waals surface area contributed by atoms with Crippen LogP contribution in [-0.4, -0.2) is 51.5 Å². The van der Waals surface area contributed by atoms with Crippen LogP contribution in [0.25, 0.3) is 0 Å². The first-order chi connectivity index (χ1) is 10.7. The molecule has 6 nitrogen and oxygen atoms in total. The number of nitrogens with one attached hydrogen (secondary N) is 2. The summed E-state index contributed by atoms with van der Waals surface area (Å²) >= 11 is 0. The maximum atomic E-state index is 12.2. The van der Waals surface area contributed by atoms with Crippen molar-refractivity contribution in [2.75, 3.05) is 33.5 Å². The van der Waals surface area contributed by atoms with Crippen molar-refractivity contribution in [2.45, 2.75) is 25.6 Å². The van der Waals surface area contributed by atoms with Crippen LogP contribution in [0.4, 0.5) is 0 Å². The van der Waals surface area contributed by atoms with Crippen LogP contribution < -0.4 is 15.4 Å². The van der Waals surface area contributed by atoms with Crippen LogP contribution in [0.15, 0.2) is 24.3 Å². The van der Waals surface area contributed by atoms with Gasteiger partial charge in [0.25, 0.3) is 0 Å². The van der Waals surface area contributed by atoms with E-state index in [1.807, 2.05) is 31.2 Å². The Hall–Kier alpha value is -1.34. The highest BCUT2D eigenvalue weighted by Gasteiger charge is 2.28. The van der Waals surface area contributed by atoms with E-state index in [4.69, 9.17) is 14.2 Å². The lowest BCUT2D eigenvalue weighted by molar-refractivity contribution is -0.129. The van der Waals surface area contributed by atoms with Crippen molar-refractivity contribution >= 4 is 18.3 Å². The zero-order chi connectivity index (χ0) is 15.8. The number of hydrogen-bond donors (Lipinski definition) is 2. The topological polar surface area (TPSA) is 68.8 Å². The molecule has 1 aliphatic rings. The molecule has 23 heavy (non-hydrogen) atoms. The van der Waals surface area contributed by atoms with Gasteiger partial charge in [-0.2, -0.15) is 0 Å². The van der Waals surface area contributed by atoms with E-state index in [0.717, 1.165) is 11.3 Å². The Kier molecular flexibility index (Phi) is 8.94. The second-order valence-corrected chi connectivity index (χ2v) is 5.17. The summed E-state index contributed by atoms with van der Waals surface area (Å²) in [5.74, 6) is 0.708. The van der Waals surface area contributed by atoms with Gasteiger partial charge in [-0.25, -0.2) is 0 Å². The molecule has 0 aliphatic carbocycles. The molecular weight excluding hydrogens is 320 g/mol. The molecule has 1 aliphatic heterocycles. The van der Waals surface area contributed by atoms with Crippen molar-refractivity contribution in [3.8, 4) is 5.75 Å². The van der Waals surface area contributed by atoms with Crippen LogP contribution >= 0.6 is 12.4 Å². The molecule has 130 valence electrons. The van der Waals surface area contributed by atoms with Crippen LogP contribution in [0.2, 0.25) is 0 Å². The number of carbonyl (C=O) groups is 1. The number of benzene rings is 1. The lowest BCUT2D eigenvalue weighted by atomic mass is 10.1. The van der Waals surface area contributed by atoms with Crippen molar-refractivity contribution in [1.29, 1.82) is 0 Å². The number of halogens is 1. The molecule has 1 amide bonds. The van der Waals surface area contributed by atoms with Crippen molar-refractivity contribution in [3.05, 3.63) is 29.8 Å². The monoisotopic (exact) mass is 344 g/mol. The average Bonchev–Trinajstić information content (AvgIpc) is 2.54. The van der Waals surface area contributed by atoms with Gasteiger partial charge in [0.1, 0.15) is 18.4 Å². The molecule has 1 aromatic rings. The van der Waals surface area contributed by atoms with Gasteiger partial charge >= 0.3 is 0 Å². The fraction of sp³-hybridized carbons (Fsp3) is 0.562. The van der Waals surface area contributed by atoms with Crippen LogP contribution in [0.5, 0.6) is 5.75 Å². The van der Waals surface area contributed by atoms with Crippen LogP contribution in [0.3, 0.4) is 0 Å². The van der Waals surface area contributed by atoms with Crippen LogP contribution in [0.1, 0.15) is 12.5 Å². The van der Waals surface area contributed by atoms with Gasteiger partial charge in [-0.15, -0.1) is 12.4 Å². The minimum atomic E-state index is -0.310. The van der Waals surface area contributed by atoms with Crippen molar-refractivity contribution < 1.29 is 19.0 Å². The van der Waals surface area contributed by atoms with Gasteiger partial charge in [0.2, 0.25) is 5.91 Å². The van der Waals surface area contributed by atoms with Crippen molar-refractivity contribution in [3.63, 3.8) is 0 Å². The van der Waals surface area contributed by atoms with Gasteiger partial charge in [0.05, 0.1) is 19.3 Å². The Balaban J connectivity index is 0.00000264. The molecule has 0 spiro atoms. The third kappa shape index (κ3) is 5.99. The molecule has 1 aromatic carbocycles. The zero-order valence-corrected chi connectivity index (χ0v) is 14.4. The molecule has 1 fully saturated rings. The second-order valence-electron chi connectivity index (χ2n) is 5.17. The quantitative estimate of drug-likeness (QED) is 0.726. The highest BCUT2D eigenvalue weighted by Crippen LogP contribution is 2.17. The third-order valence-electron chi connectivity index (χ3n) is 3.57.